The van der Waals surface area contributed by atoms with E-state index in [0.717, 1.165) is 32.1 Å². The second-order valence-electron chi connectivity index (χ2n) is 5.95. The highest BCUT2D eigenvalue weighted by atomic mass is 16.5. The summed E-state index contributed by atoms with van der Waals surface area (Å²) in [6.45, 7) is 4.53. The highest BCUT2D eigenvalue weighted by Gasteiger charge is 2.31. The van der Waals surface area contributed by atoms with Crippen LogP contribution in [-0.2, 0) is 14.3 Å². The molecule has 1 unspecified atom stereocenters. The minimum Gasteiger partial charge on any atom is -0.481 e. The first-order valence-corrected chi connectivity index (χ1v) is 7.39. The minimum atomic E-state index is -0.854. The standard InChI is InChI=1S/C15H26O4/c1-11(2)8-9-19-14(16)10-13(15(17)18)12-6-4-3-5-7-12/h11-13H,3-10H2,1-2H3,(H,17,18). The molecule has 0 spiro atoms. The summed E-state index contributed by atoms with van der Waals surface area (Å²) in [5, 5.41) is 9.28. The topological polar surface area (TPSA) is 63.6 Å². The number of hydrogen-bond donors (Lipinski definition) is 1. The summed E-state index contributed by atoms with van der Waals surface area (Å²) in [7, 11) is 0. The Kier molecular flexibility index (Phi) is 6.89. The molecular weight excluding hydrogens is 244 g/mol. The highest BCUT2D eigenvalue weighted by molar-refractivity contribution is 5.79. The van der Waals surface area contributed by atoms with Gasteiger partial charge in [0.1, 0.15) is 0 Å². The molecule has 110 valence electrons. The normalized spacial score (nSPS) is 18.3. The van der Waals surface area contributed by atoms with E-state index in [0.29, 0.717) is 12.5 Å². The maximum Gasteiger partial charge on any atom is 0.307 e. The molecule has 0 radical (unpaired) electrons. The van der Waals surface area contributed by atoms with Gasteiger partial charge in [-0.1, -0.05) is 33.1 Å². The molecule has 4 heteroatoms. The van der Waals surface area contributed by atoms with E-state index < -0.39 is 11.9 Å². The molecule has 1 N–H and O–H groups in total. The Morgan fingerprint density at radius 2 is 1.84 bits per heavy atom. The van der Waals surface area contributed by atoms with Crippen LogP contribution < -0.4 is 0 Å². The molecule has 0 aromatic heterocycles. The monoisotopic (exact) mass is 270 g/mol. The Balaban J connectivity index is 2.39. The maximum atomic E-state index is 11.7. The molecule has 0 aromatic carbocycles. The Labute approximate surface area is 115 Å². The lowest BCUT2D eigenvalue weighted by atomic mass is 9.78. The summed E-state index contributed by atoms with van der Waals surface area (Å²) >= 11 is 0. The van der Waals surface area contributed by atoms with Gasteiger partial charge in [-0.05, 0) is 31.1 Å². The van der Waals surface area contributed by atoms with Gasteiger partial charge in [0, 0.05) is 0 Å². The van der Waals surface area contributed by atoms with Crippen molar-refractivity contribution in [1.82, 2.24) is 0 Å². The van der Waals surface area contributed by atoms with Gasteiger partial charge in [0.2, 0.25) is 0 Å². The van der Waals surface area contributed by atoms with Crippen LogP contribution >= 0.6 is 0 Å². The van der Waals surface area contributed by atoms with E-state index in [1.165, 1.54) is 6.42 Å². The van der Waals surface area contributed by atoms with E-state index in [1.54, 1.807) is 0 Å². The third-order valence-electron chi connectivity index (χ3n) is 3.88. The maximum absolute atomic E-state index is 11.7. The number of carboxylic acids is 1. The van der Waals surface area contributed by atoms with E-state index in [2.05, 4.69) is 13.8 Å². The zero-order chi connectivity index (χ0) is 14.3. The molecule has 1 fully saturated rings. The Morgan fingerprint density at radius 3 is 2.37 bits per heavy atom. The van der Waals surface area contributed by atoms with Gasteiger partial charge in [-0.25, -0.2) is 0 Å². The van der Waals surface area contributed by atoms with E-state index in [-0.39, 0.29) is 18.3 Å². The van der Waals surface area contributed by atoms with Crippen LogP contribution in [0.15, 0.2) is 0 Å². The van der Waals surface area contributed by atoms with Crippen LogP contribution in [0.25, 0.3) is 0 Å². The molecule has 1 aliphatic carbocycles. The van der Waals surface area contributed by atoms with Gasteiger partial charge in [-0.15, -0.1) is 0 Å². The number of carboxylic acid groups (broad SMARTS) is 1. The van der Waals surface area contributed by atoms with Crippen molar-refractivity contribution in [2.75, 3.05) is 6.61 Å². The van der Waals surface area contributed by atoms with Gasteiger partial charge in [-0.3, -0.25) is 9.59 Å². The molecule has 0 aromatic rings. The van der Waals surface area contributed by atoms with E-state index in [1.807, 2.05) is 0 Å². The molecular formula is C15H26O4. The number of hydrogen-bond acceptors (Lipinski definition) is 3. The Morgan fingerprint density at radius 1 is 1.21 bits per heavy atom. The van der Waals surface area contributed by atoms with Crippen LogP contribution in [0.5, 0.6) is 0 Å². The van der Waals surface area contributed by atoms with Crippen molar-refractivity contribution in [1.29, 1.82) is 0 Å². The van der Waals surface area contributed by atoms with Crippen molar-refractivity contribution in [2.24, 2.45) is 17.8 Å². The van der Waals surface area contributed by atoms with Crippen LogP contribution in [-0.4, -0.2) is 23.7 Å². The summed E-state index contributed by atoms with van der Waals surface area (Å²) in [5.41, 5.74) is 0. The van der Waals surface area contributed by atoms with Crippen LogP contribution in [0.4, 0.5) is 0 Å². The van der Waals surface area contributed by atoms with Crippen molar-refractivity contribution in [3.05, 3.63) is 0 Å². The van der Waals surface area contributed by atoms with E-state index in [4.69, 9.17) is 4.74 Å². The summed E-state index contributed by atoms with van der Waals surface area (Å²) < 4.78 is 5.12. The molecule has 1 rings (SSSR count). The van der Waals surface area contributed by atoms with Crippen molar-refractivity contribution in [3.8, 4) is 0 Å². The zero-order valence-corrected chi connectivity index (χ0v) is 12.1. The number of rotatable bonds is 7. The average Bonchev–Trinajstić information content (AvgIpc) is 2.36. The molecule has 0 aliphatic heterocycles. The number of carbonyl (C=O) groups excluding carboxylic acids is 1. The first-order chi connectivity index (χ1) is 9.00. The van der Waals surface area contributed by atoms with Crippen LogP contribution in [0.2, 0.25) is 0 Å². The van der Waals surface area contributed by atoms with Crippen molar-refractivity contribution in [2.45, 2.75) is 58.8 Å². The van der Waals surface area contributed by atoms with Gasteiger partial charge in [-0.2, -0.15) is 0 Å². The van der Waals surface area contributed by atoms with E-state index in [9.17, 15) is 14.7 Å². The number of ether oxygens (including phenoxy) is 1. The molecule has 4 nitrogen and oxygen atoms in total. The summed E-state index contributed by atoms with van der Waals surface area (Å²) in [6, 6.07) is 0. The van der Waals surface area contributed by atoms with Crippen LogP contribution in [0.1, 0.15) is 58.8 Å². The average molecular weight is 270 g/mol. The van der Waals surface area contributed by atoms with Crippen molar-refractivity contribution in [3.63, 3.8) is 0 Å². The largest absolute Gasteiger partial charge is 0.481 e. The molecule has 0 bridgehead atoms. The SMILES string of the molecule is CC(C)CCOC(=O)CC(C(=O)O)C1CCCCC1. The first kappa shape index (κ1) is 16.0. The summed E-state index contributed by atoms with van der Waals surface area (Å²) in [4.78, 5) is 23.0. The fourth-order valence-electron chi connectivity index (χ4n) is 2.64. The van der Waals surface area contributed by atoms with Crippen molar-refractivity contribution >= 4 is 11.9 Å². The Bertz CT molecular complexity index is 293. The molecule has 1 atom stereocenters. The van der Waals surface area contributed by atoms with Gasteiger partial charge in [0.15, 0.2) is 0 Å². The number of esters is 1. The fourth-order valence-corrected chi connectivity index (χ4v) is 2.64. The molecule has 19 heavy (non-hydrogen) atoms. The van der Waals surface area contributed by atoms with Gasteiger partial charge >= 0.3 is 11.9 Å². The molecule has 0 heterocycles. The minimum absolute atomic E-state index is 0.0259. The lowest BCUT2D eigenvalue weighted by molar-refractivity contribution is -0.154. The smallest absolute Gasteiger partial charge is 0.307 e. The third kappa shape index (κ3) is 6.08. The number of aliphatic carboxylic acids is 1. The van der Waals surface area contributed by atoms with Gasteiger partial charge < -0.3 is 9.84 Å². The lowest BCUT2D eigenvalue weighted by Crippen LogP contribution is -2.28. The van der Waals surface area contributed by atoms with Crippen LogP contribution in [0, 0.1) is 17.8 Å². The number of carbonyl (C=O) groups is 2. The van der Waals surface area contributed by atoms with Crippen molar-refractivity contribution < 1.29 is 19.4 Å². The molecule has 0 amide bonds. The lowest BCUT2D eigenvalue weighted by Gasteiger charge is -2.26. The predicted molar refractivity (Wildman–Crippen MR) is 72.7 cm³/mol. The summed E-state index contributed by atoms with van der Waals surface area (Å²) in [5.74, 6) is -1.15. The molecule has 1 aliphatic rings. The van der Waals surface area contributed by atoms with E-state index >= 15 is 0 Å². The van der Waals surface area contributed by atoms with Gasteiger partial charge in [0.05, 0.1) is 18.9 Å². The molecule has 1 saturated carbocycles. The first-order valence-electron chi connectivity index (χ1n) is 7.39. The third-order valence-corrected chi connectivity index (χ3v) is 3.88. The second kappa shape index (κ2) is 8.18. The highest BCUT2D eigenvalue weighted by Crippen LogP contribution is 2.32. The fraction of sp³-hybridized carbons (Fsp3) is 0.867. The predicted octanol–water partition coefficient (Wildman–Crippen LogP) is 3.25. The summed E-state index contributed by atoms with van der Waals surface area (Å²) in [6.07, 6.45) is 6.05. The van der Waals surface area contributed by atoms with Crippen LogP contribution in [0.3, 0.4) is 0 Å². The zero-order valence-electron chi connectivity index (χ0n) is 12.1. The Hall–Kier alpha value is -1.06. The van der Waals surface area contributed by atoms with Gasteiger partial charge in [0.25, 0.3) is 0 Å². The quantitative estimate of drug-likeness (QED) is 0.721. The molecule has 0 saturated heterocycles. The second-order valence-corrected chi connectivity index (χ2v) is 5.95.